The number of hydrogen-bond acceptors (Lipinski definition) is 1. The molecule has 0 radical (unpaired) electrons. The maximum Gasteiger partial charge on any atom is 0.0351 e. The molecule has 0 aliphatic rings. The molecule has 0 N–H and O–H groups in total. The molecule has 0 fully saturated rings. The minimum atomic E-state index is 0.626. The first-order chi connectivity index (χ1) is 8.22. The summed E-state index contributed by atoms with van der Waals surface area (Å²) in [5.41, 5.74) is 1.34. The summed E-state index contributed by atoms with van der Waals surface area (Å²) in [6.07, 6.45) is 2.36. The highest BCUT2D eigenvalue weighted by Crippen LogP contribution is 2.20. The van der Waals surface area contributed by atoms with E-state index in [2.05, 4.69) is 58.9 Å². The lowest BCUT2D eigenvalue weighted by molar-refractivity contribution is 0.188. The zero-order valence-corrected chi connectivity index (χ0v) is 13.0. The van der Waals surface area contributed by atoms with Crippen molar-refractivity contribution in [1.29, 1.82) is 0 Å². The maximum absolute atomic E-state index is 5.91. The molecule has 0 atom stereocenters. The first-order valence-corrected chi connectivity index (χ1v) is 7.59. The van der Waals surface area contributed by atoms with Crippen molar-refractivity contribution in [2.45, 2.75) is 39.3 Å². The van der Waals surface area contributed by atoms with Gasteiger partial charge < -0.3 is 0 Å². The van der Waals surface area contributed by atoms with Crippen LogP contribution < -0.4 is 0 Å². The Hall–Kier alpha value is -0.0500. The van der Waals surface area contributed by atoms with Crippen LogP contribution >= 0.6 is 27.5 Å². The standard InChI is InChI=1S/C14H21BrClN/c1-3-13(4-2)17(10-9-16)11-12-7-5-6-8-14(12)15/h5-8,13H,3-4,9-11H2,1-2H3. The van der Waals surface area contributed by atoms with Crippen LogP contribution in [0.25, 0.3) is 0 Å². The van der Waals surface area contributed by atoms with Crippen LogP contribution in [-0.4, -0.2) is 23.4 Å². The predicted molar refractivity (Wildman–Crippen MR) is 79.6 cm³/mol. The first kappa shape index (κ1) is 15.0. The largest absolute Gasteiger partial charge is 0.295 e. The van der Waals surface area contributed by atoms with Crippen molar-refractivity contribution < 1.29 is 0 Å². The molecule has 0 aliphatic carbocycles. The van der Waals surface area contributed by atoms with Crippen LogP contribution in [0.4, 0.5) is 0 Å². The van der Waals surface area contributed by atoms with Crippen LogP contribution in [-0.2, 0) is 6.54 Å². The lowest BCUT2D eigenvalue weighted by Gasteiger charge is -2.30. The van der Waals surface area contributed by atoms with Gasteiger partial charge in [-0.1, -0.05) is 48.0 Å². The van der Waals surface area contributed by atoms with E-state index in [1.807, 2.05) is 0 Å². The zero-order valence-electron chi connectivity index (χ0n) is 10.6. The molecular weight excluding hydrogens is 298 g/mol. The summed E-state index contributed by atoms with van der Waals surface area (Å²) < 4.78 is 1.19. The molecule has 0 unspecified atom stereocenters. The molecule has 1 aromatic carbocycles. The fraction of sp³-hybridized carbons (Fsp3) is 0.571. The van der Waals surface area contributed by atoms with Crippen LogP contribution in [0.2, 0.25) is 0 Å². The van der Waals surface area contributed by atoms with Gasteiger partial charge in [-0.3, -0.25) is 4.90 Å². The van der Waals surface area contributed by atoms with Gasteiger partial charge in [-0.15, -0.1) is 11.6 Å². The van der Waals surface area contributed by atoms with Gasteiger partial charge in [0.25, 0.3) is 0 Å². The minimum Gasteiger partial charge on any atom is -0.295 e. The summed E-state index contributed by atoms with van der Waals surface area (Å²) in [6.45, 7) is 6.42. The number of hydrogen-bond donors (Lipinski definition) is 0. The Morgan fingerprint density at radius 2 is 1.88 bits per heavy atom. The summed E-state index contributed by atoms with van der Waals surface area (Å²) in [4.78, 5) is 2.48. The van der Waals surface area contributed by atoms with Gasteiger partial charge in [-0.25, -0.2) is 0 Å². The Labute approximate surface area is 118 Å². The summed E-state index contributed by atoms with van der Waals surface area (Å²) in [7, 11) is 0. The lowest BCUT2D eigenvalue weighted by atomic mass is 10.1. The van der Waals surface area contributed by atoms with Crippen molar-refractivity contribution >= 4 is 27.5 Å². The SMILES string of the molecule is CCC(CC)N(CCCl)Cc1ccccc1Br. The monoisotopic (exact) mass is 317 g/mol. The molecule has 0 saturated carbocycles. The molecule has 3 heteroatoms. The molecule has 96 valence electrons. The number of rotatable bonds is 7. The van der Waals surface area contributed by atoms with Gasteiger partial charge in [0, 0.05) is 29.5 Å². The third-order valence-electron chi connectivity index (χ3n) is 3.16. The van der Waals surface area contributed by atoms with E-state index >= 15 is 0 Å². The Kier molecular flexibility index (Phi) is 7.17. The van der Waals surface area contributed by atoms with Gasteiger partial charge in [0.05, 0.1) is 0 Å². The smallest absolute Gasteiger partial charge is 0.0351 e. The molecule has 1 nitrogen and oxygen atoms in total. The summed E-state index contributed by atoms with van der Waals surface area (Å²) in [6, 6.07) is 9.04. The molecule has 17 heavy (non-hydrogen) atoms. The highest BCUT2D eigenvalue weighted by molar-refractivity contribution is 9.10. The molecule has 0 spiro atoms. The molecule has 0 heterocycles. The van der Waals surface area contributed by atoms with Crippen molar-refractivity contribution in [3.63, 3.8) is 0 Å². The van der Waals surface area contributed by atoms with Crippen LogP contribution in [0.15, 0.2) is 28.7 Å². The van der Waals surface area contributed by atoms with Crippen LogP contribution in [0.1, 0.15) is 32.3 Å². The minimum absolute atomic E-state index is 0.626. The molecular formula is C14H21BrClN. The highest BCUT2D eigenvalue weighted by Gasteiger charge is 2.15. The van der Waals surface area contributed by atoms with E-state index in [1.165, 1.54) is 22.9 Å². The molecule has 0 aromatic heterocycles. The van der Waals surface area contributed by atoms with Gasteiger partial charge in [0.1, 0.15) is 0 Å². The van der Waals surface area contributed by atoms with E-state index in [1.54, 1.807) is 0 Å². The van der Waals surface area contributed by atoms with E-state index in [-0.39, 0.29) is 0 Å². The van der Waals surface area contributed by atoms with E-state index in [4.69, 9.17) is 11.6 Å². The Balaban J connectivity index is 2.75. The average molecular weight is 319 g/mol. The summed E-state index contributed by atoms with van der Waals surface area (Å²) >= 11 is 9.52. The molecule has 0 saturated heterocycles. The summed E-state index contributed by atoms with van der Waals surface area (Å²) in [5, 5.41) is 0. The third kappa shape index (κ3) is 4.61. The van der Waals surface area contributed by atoms with Crippen molar-refractivity contribution in [2.75, 3.05) is 12.4 Å². The van der Waals surface area contributed by atoms with E-state index in [9.17, 15) is 0 Å². The number of nitrogens with zero attached hydrogens (tertiary/aromatic N) is 1. The van der Waals surface area contributed by atoms with Crippen molar-refractivity contribution in [2.24, 2.45) is 0 Å². The van der Waals surface area contributed by atoms with Gasteiger partial charge in [0.15, 0.2) is 0 Å². The van der Waals surface area contributed by atoms with Crippen molar-refractivity contribution in [3.8, 4) is 0 Å². The van der Waals surface area contributed by atoms with Gasteiger partial charge in [-0.2, -0.15) is 0 Å². The fourth-order valence-corrected chi connectivity index (χ4v) is 2.78. The predicted octanol–water partition coefficient (Wildman–Crippen LogP) is 4.68. The van der Waals surface area contributed by atoms with Crippen molar-refractivity contribution in [3.05, 3.63) is 34.3 Å². The fourth-order valence-electron chi connectivity index (χ4n) is 2.15. The highest BCUT2D eigenvalue weighted by atomic mass is 79.9. The van der Waals surface area contributed by atoms with Gasteiger partial charge >= 0.3 is 0 Å². The first-order valence-electron chi connectivity index (χ1n) is 6.26. The molecule has 1 aromatic rings. The number of benzene rings is 1. The van der Waals surface area contributed by atoms with Crippen LogP contribution in [0.5, 0.6) is 0 Å². The Morgan fingerprint density at radius 3 is 2.41 bits per heavy atom. The maximum atomic E-state index is 5.91. The lowest BCUT2D eigenvalue weighted by Crippen LogP contribution is -2.35. The van der Waals surface area contributed by atoms with E-state index in [0.29, 0.717) is 11.9 Å². The number of alkyl halides is 1. The van der Waals surface area contributed by atoms with Crippen molar-refractivity contribution in [1.82, 2.24) is 4.90 Å². The zero-order chi connectivity index (χ0) is 12.7. The number of halogens is 2. The average Bonchev–Trinajstić information content (AvgIpc) is 2.34. The Bertz CT molecular complexity index is 326. The van der Waals surface area contributed by atoms with Crippen LogP contribution in [0, 0.1) is 0 Å². The Morgan fingerprint density at radius 1 is 1.24 bits per heavy atom. The normalized spacial score (nSPS) is 11.4. The van der Waals surface area contributed by atoms with Gasteiger partial charge in [-0.05, 0) is 24.5 Å². The van der Waals surface area contributed by atoms with E-state index in [0.717, 1.165) is 13.1 Å². The second kappa shape index (κ2) is 8.12. The molecule has 0 aliphatic heterocycles. The van der Waals surface area contributed by atoms with Gasteiger partial charge in [0.2, 0.25) is 0 Å². The third-order valence-corrected chi connectivity index (χ3v) is 4.10. The van der Waals surface area contributed by atoms with E-state index < -0.39 is 0 Å². The second-order valence-corrected chi connectivity index (χ2v) is 5.45. The topological polar surface area (TPSA) is 3.24 Å². The molecule has 0 amide bonds. The summed E-state index contributed by atoms with van der Waals surface area (Å²) in [5.74, 6) is 0.695. The second-order valence-electron chi connectivity index (χ2n) is 4.22. The quantitative estimate of drug-likeness (QED) is 0.660. The molecule has 1 rings (SSSR count). The molecule has 0 bridgehead atoms. The van der Waals surface area contributed by atoms with Crippen LogP contribution in [0.3, 0.4) is 0 Å².